The van der Waals surface area contributed by atoms with Gasteiger partial charge in [-0.2, -0.15) is 0 Å². The van der Waals surface area contributed by atoms with Gasteiger partial charge in [-0.15, -0.1) is 5.73 Å². The number of hydrogen-bond acceptors (Lipinski definition) is 1. The van der Waals surface area contributed by atoms with E-state index in [0.717, 1.165) is 0 Å². The number of carbonyl (C=O) groups excluding carboxylic acids is 1. The largest absolute Gasteiger partial charge is 0.297 e. The number of carbonyl (C=O) groups is 1. The third kappa shape index (κ3) is 2.30. The molecule has 0 spiro atoms. The first-order chi connectivity index (χ1) is 2.64. The van der Waals surface area contributed by atoms with Gasteiger partial charge in [-0.1, -0.05) is 23.2 Å². The molecular weight excluding hydrogens is 125 g/mol. The molecule has 34 valence electrons. The number of amides is 1. The number of rotatable bonds is 1. The Morgan fingerprint density at radius 1 is 1.67 bits per heavy atom. The first kappa shape index (κ1) is 6.05. The Bertz CT molecular complexity index is 62.6. The normalized spacial score (nSPS) is 9.17. The van der Waals surface area contributed by atoms with Crippen molar-refractivity contribution in [1.29, 1.82) is 0 Å². The summed E-state index contributed by atoms with van der Waals surface area (Å²) in [4.78, 5) is 8.15. The standard InChI is InChI=1S/C2HCl2NO/c3-1(4)2(5)6/h1H. The van der Waals surface area contributed by atoms with E-state index in [0.29, 0.717) is 0 Å². The van der Waals surface area contributed by atoms with Crippen molar-refractivity contribution >= 4 is 29.1 Å². The van der Waals surface area contributed by atoms with Gasteiger partial charge in [-0.25, -0.2) is 0 Å². The van der Waals surface area contributed by atoms with E-state index in [1.54, 1.807) is 0 Å². The van der Waals surface area contributed by atoms with Gasteiger partial charge in [0.2, 0.25) is 0 Å². The zero-order chi connectivity index (χ0) is 5.15. The van der Waals surface area contributed by atoms with Crippen LogP contribution >= 0.6 is 23.2 Å². The van der Waals surface area contributed by atoms with Crippen LogP contribution in [0.5, 0.6) is 0 Å². The van der Waals surface area contributed by atoms with Crippen molar-refractivity contribution in [1.82, 2.24) is 5.73 Å². The Labute approximate surface area is 45.2 Å². The van der Waals surface area contributed by atoms with E-state index >= 15 is 0 Å². The van der Waals surface area contributed by atoms with Gasteiger partial charge in [0, 0.05) is 0 Å². The molecule has 0 heterocycles. The molecule has 0 N–H and O–H groups in total. The predicted molar refractivity (Wildman–Crippen MR) is 22.6 cm³/mol. The molecule has 0 aliphatic heterocycles. The minimum atomic E-state index is -1.29. The SMILES string of the molecule is [N]C(=O)C(Cl)Cl. The molecule has 2 radical (unpaired) electrons. The van der Waals surface area contributed by atoms with Gasteiger partial charge in [-0.05, 0) is 0 Å². The first-order valence-electron chi connectivity index (χ1n) is 1.15. The molecule has 6 heavy (non-hydrogen) atoms. The molecule has 0 fully saturated rings. The molecule has 0 unspecified atom stereocenters. The van der Waals surface area contributed by atoms with Crippen LogP contribution < -0.4 is 5.73 Å². The molecule has 1 amide bonds. The highest BCUT2D eigenvalue weighted by atomic mass is 35.5. The first-order valence-corrected chi connectivity index (χ1v) is 2.03. The van der Waals surface area contributed by atoms with Crippen LogP contribution in [-0.2, 0) is 4.79 Å². The van der Waals surface area contributed by atoms with Gasteiger partial charge in [0.15, 0.2) is 4.84 Å². The van der Waals surface area contributed by atoms with Gasteiger partial charge in [-0.3, -0.25) is 4.79 Å². The van der Waals surface area contributed by atoms with Gasteiger partial charge < -0.3 is 0 Å². The molecule has 0 rings (SSSR count). The maximum atomic E-state index is 9.44. The van der Waals surface area contributed by atoms with Gasteiger partial charge in [0.1, 0.15) is 0 Å². The molecule has 0 aliphatic rings. The maximum Gasteiger partial charge on any atom is 0.297 e. The van der Waals surface area contributed by atoms with Crippen LogP contribution in [0.25, 0.3) is 0 Å². The maximum absolute atomic E-state index is 9.44. The molecule has 0 saturated heterocycles. The van der Waals surface area contributed by atoms with E-state index in [1.807, 2.05) is 0 Å². The average Bonchev–Trinajstić information content (AvgIpc) is 1.36. The summed E-state index contributed by atoms with van der Waals surface area (Å²) in [6.45, 7) is 0. The van der Waals surface area contributed by atoms with Crippen LogP contribution in [0.3, 0.4) is 0 Å². The molecule has 4 heteroatoms. The number of hydrogen-bond donors (Lipinski definition) is 0. The minimum Gasteiger partial charge on any atom is -0.268 e. The summed E-state index contributed by atoms with van der Waals surface area (Å²) in [6.07, 6.45) is 0. The number of nitrogens with zero attached hydrogens (tertiary/aromatic N) is 1. The van der Waals surface area contributed by atoms with Gasteiger partial charge in [0.25, 0.3) is 5.91 Å². The average molecular weight is 126 g/mol. The summed E-state index contributed by atoms with van der Waals surface area (Å²) in [5.74, 6) is -1.21. The second kappa shape index (κ2) is 2.26. The monoisotopic (exact) mass is 125 g/mol. The highest BCUT2D eigenvalue weighted by Crippen LogP contribution is 1.98. The number of alkyl halides is 2. The molecule has 0 bridgehead atoms. The lowest BCUT2D eigenvalue weighted by atomic mass is 10.8. The fraction of sp³-hybridized carbons (Fsp3) is 0.500. The fourth-order valence-electron chi connectivity index (χ4n) is 0. The van der Waals surface area contributed by atoms with E-state index in [9.17, 15) is 4.79 Å². The highest BCUT2D eigenvalue weighted by Gasteiger charge is 2.05. The molecule has 0 aliphatic carbocycles. The van der Waals surface area contributed by atoms with Crippen LogP contribution in [0.4, 0.5) is 0 Å². The van der Waals surface area contributed by atoms with Crippen LogP contribution in [-0.4, -0.2) is 10.7 Å². The van der Waals surface area contributed by atoms with Crippen molar-refractivity contribution in [2.24, 2.45) is 0 Å². The Balaban J connectivity index is 3.26. The van der Waals surface area contributed by atoms with Gasteiger partial charge >= 0.3 is 0 Å². The van der Waals surface area contributed by atoms with Crippen molar-refractivity contribution in [3.05, 3.63) is 0 Å². The van der Waals surface area contributed by atoms with Crippen LogP contribution in [0.15, 0.2) is 0 Å². The zero-order valence-corrected chi connectivity index (χ0v) is 4.20. The molecule has 0 aromatic heterocycles. The molecule has 0 aromatic carbocycles. The van der Waals surface area contributed by atoms with Gasteiger partial charge in [0.05, 0.1) is 0 Å². The van der Waals surface area contributed by atoms with Crippen molar-refractivity contribution in [3.63, 3.8) is 0 Å². The predicted octanol–water partition coefficient (Wildman–Crippen LogP) is 0.385. The van der Waals surface area contributed by atoms with Crippen molar-refractivity contribution in [3.8, 4) is 0 Å². The second-order valence-corrected chi connectivity index (χ2v) is 1.74. The lowest BCUT2D eigenvalue weighted by Crippen LogP contribution is -2.06. The second-order valence-electron chi connectivity index (χ2n) is 0.639. The molecule has 0 saturated carbocycles. The lowest BCUT2D eigenvalue weighted by Gasteiger charge is -1.81. The van der Waals surface area contributed by atoms with E-state index in [2.05, 4.69) is 0 Å². The smallest absolute Gasteiger partial charge is 0.268 e. The van der Waals surface area contributed by atoms with Crippen molar-refractivity contribution < 1.29 is 4.79 Å². The summed E-state index contributed by atoms with van der Waals surface area (Å²) in [5, 5.41) is 0. The highest BCUT2D eigenvalue weighted by molar-refractivity contribution is 6.53. The fourth-order valence-corrected chi connectivity index (χ4v) is 0. The van der Waals surface area contributed by atoms with Crippen LogP contribution in [0.1, 0.15) is 0 Å². The zero-order valence-electron chi connectivity index (χ0n) is 2.69. The Kier molecular flexibility index (Phi) is 2.28. The molecule has 2 nitrogen and oxygen atoms in total. The summed E-state index contributed by atoms with van der Waals surface area (Å²) in [7, 11) is 0. The summed E-state index contributed by atoms with van der Waals surface area (Å²) in [6, 6.07) is 0. The minimum absolute atomic E-state index is 1.21. The lowest BCUT2D eigenvalue weighted by molar-refractivity contribution is -0.117. The summed E-state index contributed by atoms with van der Waals surface area (Å²) < 4.78 is 0. The summed E-state index contributed by atoms with van der Waals surface area (Å²) in [5.41, 5.74) is 7.73. The topological polar surface area (TPSA) is 39.4 Å². The van der Waals surface area contributed by atoms with Crippen LogP contribution in [0, 0.1) is 0 Å². The third-order valence-corrected chi connectivity index (χ3v) is 0.560. The van der Waals surface area contributed by atoms with E-state index < -0.39 is 10.7 Å². The molecule has 0 atom stereocenters. The van der Waals surface area contributed by atoms with Crippen LogP contribution in [0.2, 0.25) is 0 Å². The number of halogens is 2. The van der Waals surface area contributed by atoms with Crippen molar-refractivity contribution in [2.45, 2.75) is 4.84 Å². The Morgan fingerprint density at radius 3 is 1.83 bits per heavy atom. The molecular formula is C2HCl2NO. The third-order valence-electron chi connectivity index (χ3n) is 0.187. The molecule has 0 aromatic rings. The summed E-state index contributed by atoms with van der Waals surface area (Å²) >= 11 is 9.56. The van der Waals surface area contributed by atoms with E-state index in [1.165, 1.54) is 0 Å². The Hall–Kier alpha value is 0.0500. The Morgan fingerprint density at radius 2 is 1.83 bits per heavy atom. The van der Waals surface area contributed by atoms with Crippen molar-refractivity contribution in [2.75, 3.05) is 0 Å². The quantitative estimate of drug-likeness (QED) is 0.468. The van der Waals surface area contributed by atoms with E-state index in [4.69, 9.17) is 28.9 Å². The van der Waals surface area contributed by atoms with E-state index in [-0.39, 0.29) is 0 Å².